The number of unbranched alkanes of at least 4 members (excludes halogenated alkanes) is 5. The molecule has 0 saturated carbocycles. The van der Waals surface area contributed by atoms with E-state index >= 15 is 0 Å². The molecule has 0 bridgehead atoms. The van der Waals surface area contributed by atoms with E-state index in [-0.39, 0.29) is 10.3 Å². The molecule has 0 radical (unpaired) electrons. The number of hydrogen-bond acceptors (Lipinski definition) is 3. The number of hydrogen-bond donors (Lipinski definition) is 0. The molecule has 192 valence electrons. The average Bonchev–Trinajstić information content (AvgIpc) is 3.74. The van der Waals surface area contributed by atoms with Crippen molar-refractivity contribution in [3.8, 4) is 0 Å². The van der Waals surface area contributed by atoms with E-state index < -0.39 is 6.51 Å². The second kappa shape index (κ2) is 2.36. The van der Waals surface area contributed by atoms with Gasteiger partial charge in [0.05, 0.1) is 6.61 Å². The van der Waals surface area contributed by atoms with Crippen LogP contribution in [0.3, 0.4) is 0 Å². The summed E-state index contributed by atoms with van der Waals surface area (Å²) in [6.45, 7) is 19.9. The number of esters is 1. The van der Waals surface area contributed by atoms with Crippen LogP contribution in [0, 0.1) is 0 Å². The summed E-state index contributed by atoms with van der Waals surface area (Å²) in [6, 6.07) is 0. The van der Waals surface area contributed by atoms with Gasteiger partial charge in [-0.15, -0.1) is 0 Å². The first-order chi connectivity index (χ1) is 15.6. The van der Waals surface area contributed by atoms with Crippen molar-refractivity contribution < 1.29 is 20.8 Å². The van der Waals surface area contributed by atoms with Gasteiger partial charge in [0.1, 0.15) is 0 Å². The topological polar surface area (TPSA) is 43.4 Å². The molecule has 0 N–H and O–H groups in total. The second-order valence-corrected chi connectivity index (χ2v) is 40.1. The van der Waals surface area contributed by atoms with Crippen LogP contribution in [0.2, 0.25) is 43.6 Å². The minimum atomic E-state index is -4.50. The molecule has 10 aliphatic rings. The number of carbonyl (C=O) groups excluding carboxylic acids is 2. The van der Waals surface area contributed by atoms with Crippen LogP contribution < -0.4 is 0 Å². The van der Waals surface area contributed by atoms with Crippen LogP contribution in [-0.2, 0) is 20.8 Å². The zero-order chi connectivity index (χ0) is 24.6. The number of fused-ring (bicyclic) bond motifs is 10. The summed E-state index contributed by atoms with van der Waals surface area (Å²) in [6.07, 6.45) is 8.03. The Morgan fingerprint density at radius 3 is 1.41 bits per heavy atom. The molecule has 0 aromatic rings. The van der Waals surface area contributed by atoms with Gasteiger partial charge in [-0.1, -0.05) is 0 Å². The summed E-state index contributed by atoms with van der Waals surface area (Å²) in [4.78, 5) is 27.2. The SMILES string of the molecule is CCOC(=O)CCCCCCCCC(=O)[C]12[C]3(C)[C]4(C)[C]5(C)[C]1(C)[Fe]45321678[CH]2[C]1(C)[C]6(C)[C]7(C)[C]28C. The van der Waals surface area contributed by atoms with E-state index in [0.717, 1.165) is 36.3 Å². The van der Waals surface area contributed by atoms with E-state index in [2.05, 4.69) is 55.4 Å². The predicted octanol–water partition coefficient (Wildman–Crippen LogP) is 9.12. The first-order valence-electron chi connectivity index (χ1n) is 14.4. The summed E-state index contributed by atoms with van der Waals surface area (Å²) in [5.41, 5.74) is 0. The monoisotopic (exact) mass is 510 g/mol. The molecule has 34 heavy (non-hydrogen) atoms. The third-order valence-corrected chi connectivity index (χ3v) is 80.4. The number of rotatable bonds is 11. The molecule has 4 heteroatoms. The quantitative estimate of drug-likeness (QED) is 0.158. The predicted molar refractivity (Wildman–Crippen MR) is 132 cm³/mol. The minimum absolute atomic E-state index is 0.0601. The van der Waals surface area contributed by atoms with Crippen molar-refractivity contribution in [2.75, 3.05) is 6.61 Å². The van der Waals surface area contributed by atoms with Crippen LogP contribution in [0.15, 0.2) is 0 Å². The van der Waals surface area contributed by atoms with Gasteiger partial charge in [0, 0.05) is 0 Å². The van der Waals surface area contributed by atoms with Crippen LogP contribution in [0.4, 0.5) is 0 Å². The molecule has 10 saturated heterocycles. The molecular weight excluding hydrogens is 464 g/mol. The number of ether oxygens (including phenoxy) is 1. The summed E-state index contributed by atoms with van der Waals surface area (Å²) in [5, 5.41) is 0. The normalized spacial score (nSPS) is 82.9. The summed E-state index contributed by atoms with van der Waals surface area (Å²) in [5.74, 6) is 0.707. The first-order valence-corrected chi connectivity index (χ1v) is 20.0. The fourth-order valence-corrected chi connectivity index (χ4v) is 131. The molecule has 1 spiro atoms. The standard InChI is InChI=1S/C21H33O3.C9H13.Fe/c1-6-24-20(23)14-12-10-8-7-9-11-13-19(22)21-17(4)15(2)16(3)18(21)5;1-6-5-7(2)9(4)8(6)3;/h6-14H2,1-5H3;5H,1-4H3;. The molecule has 0 aromatic carbocycles. The van der Waals surface area contributed by atoms with Gasteiger partial charge in [0.2, 0.25) is 0 Å². The Morgan fingerprint density at radius 2 is 1.09 bits per heavy atom. The van der Waals surface area contributed by atoms with Crippen molar-refractivity contribution in [3.05, 3.63) is 0 Å². The van der Waals surface area contributed by atoms with Crippen molar-refractivity contribution in [3.63, 3.8) is 0 Å². The van der Waals surface area contributed by atoms with E-state index in [1.165, 1.54) is 19.3 Å². The Labute approximate surface area is 196 Å². The fourth-order valence-electron chi connectivity index (χ4n) is 31.1. The van der Waals surface area contributed by atoms with Crippen molar-refractivity contribution in [2.24, 2.45) is 0 Å². The molecule has 0 amide bonds. The molecule has 8 unspecified atom stereocenters. The number of Topliss-reactive ketones (excluding diaryl/α,β-unsaturated/α-hetero) is 1. The van der Waals surface area contributed by atoms with Crippen LogP contribution in [0.1, 0.15) is 114 Å². The Hall–Kier alpha value is -0.341. The molecule has 0 aliphatic carbocycles. The molecule has 10 aliphatic heterocycles. The van der Waals surface area contributed by atoms with Gasteiger partial charge in [-0.2, -0.15) is 0 Å². The molecule has 8 atom stereocenters. The van der Waals surface area contributed by atoms with E-state index in [1.54, 1.807) is 0 Å². The van der Waals surface area contributed by atoms with Gasteiger partial charge in [-0.05, 0) is 6.92 Å². The molecule has 10 rings (SSSR count). The Bertz CT molecular complexity index is 1580. The molecular formula is C30H46FeO3. The van der Waals surface area contributed by atoms with Gasteiger partial charge in [0.15, 0.2) is 0 Å². The fraction of sp³-hybridized carbons (Fsp3) is 0.933. The van der Waals surface area contributed by atoms with E-state index in [0.29, 0.717) is 47.5 Å². The van der Waals surface area contributed by atoms with Crippen LogP contribution in [-0.4, -0.2) is 18.4 Å². The van der Waals surface area contributed by atoms with Crippen molar-refractivity contribution in [1.82, 2.24) is 0 Å². The third kappa shape index (κ3) is 0.251. The Balaban J connectivity index is 0.944. The second-order valence-electron chi connectivity index (χ2n) is 16.9. The first kappa shape index (κ1) is 19.7. The summed E-state index contributed by atoms with van der Waals surface area (Å²) >= 11 is 0. The van der Waals surface area contributed by atoms with Crippen molar-refractivity contribution in [1.29, 1.82) is 0 Å². The summed E-state index contributed by atoms with van der Waals surface area (Å²) in [7, 11) is 0. The maximum atomic E-state index is 14.7. The van der Waals surface area contributed by atoms with Gasteiger partial charge < -0.3 is 0 Å². The molecule has 10 heterocycles. The van der Waals surface area contributed by atoms with Gasteiger partial charge >= 0.3 is 183 Å². The zero-order valence-corrected chi connectivity index (χ0v) is 24.1. The van der Waals surface area contributed by atoms with Gasteiger partial charge in [-0.25, -0.2) is 0 Å². The summed E-state index contributed by atoms with van der Waals surface area (Å²) < 4.78 is 9.36. The van der Waals surface area contributed by atoms with Crippen LogP contribution >= 0.6 is 0 Å². The Morgan fingerprint density at radius 1 is 0.647 bits per heavy atom. The third-order valence-electron chi connectivity index (χ3n) is 25.0. The molecule has 3 nitrogen and oxygen atoms in total. The van der Waals surface area contributed by atoms with Crippen LogP contribution in [0.5, 0.6) is 0 Å². The number of carbonyl (C=O) groups is 2. The Kier molecular flexibility index (Phi) is 1.37. The van der Waals surface area contributed by atoms with E-state index in [1.807, 2.05) is 6.92 Å². The maximum absolute atomic E-state index is 14.7. The van der Waals surface area contributed by atoms with Crippen molar-refractivity contribution in [2.45, 2.75) is 157 Å². The molecule has 0 aromatic heterocycles. The van der Waals surface area contributed by atoms with E-state index in [9.17, 15) is 9.59 Å². The van der Waals surface area contributed by atoms with Crippen molar-refractivity contribution >= 4 is 11.8 Å². The van der Waals surface area contributed by atoms with Gasteiger partial charge in [0.25, 0.3) is 0 Å². The van der Waals surface area contributed by atoms with Crippen LogP contribution in [0.25, 0.3) is 0 Å². The van der Waals surface area contributed by atoms with E-state index in [4.69, 9.17) is 4.74 Å². The number of ketones is 1. The average molecular weight is 511 g/mol. The van der Waals surface area contributed by atoms with Gasteiger partial charge in [-0.3, -0.25) is 0 Å². The zero-order valence-electron chi connectivity index (χ0n) is 23.0. The molecule has 10 fully saturated rings.